The molecule has 1 aliphatic rings. The SMILES string of the molecule is CC(C)Oc1ccc(C#CCC2CCCC2)cc1C(=O)NC(CO)Cc1c[nH]c2ccccc12. The number of amides is 1. The van der Waals surface area contributed by atoms with Crippen molar-refractivity contribution >= 4 is 16.8 Å². The van der Waals surface area contributed by atoms with Crippen LogP contribution in [0.25, 0.3) is 10.9 Å². The number of aromatic amines is 1. The number of fused-ring (bicyclic) bond motifs is 1. The summed E-state index contributed by atoms with van der Waals surface area (Å²) in [6, 6.07) is 13.1. The number of rotatable bonds is 8. The van der Waals surface area contributed by atoms with Crippen LogP contribution in [0.5, 0.6) is 5.75 Å². The number of hydrogen-bond acceptors (Lipinski definition) is 3. The van der Waals surface area contributed by atoms with Crippen molar-refractivity contribution in [1.82, 2.24) is 10.3 Å². The minimum atomic E-state index is -0.421. The molecule has 1 aliphatic carbocycles. The van der Waals surface area contributed by atoms with E-state index in [4.69, 9.17) is 4.74 Å². The van der Waals surface area contributed by atoms with Crippen LogP contribution in [0, 0.1) is 17.8 Å². The van der Waals surface area contributed by atoms with Gasteiger partial charge < -0.3 is 20.1 Å². The molecule has 3 aromatic rings. The number of H-pyrrole nitrogens is 1. The van der Waals surface area contributed by atoms with Gasteiger partial charge in [0.05, 0.1) is 24.3 Å². The van der Waals surface area contributed by atoms with Crippen molar-refractivity contribution in [3.8, 4) is 17.6 Å². The highest BCUT2D eigenvalue weighted by Gasteiger charge is 2.20. The van der Waals surface area contributed by atoms with Gasteiger partial charge in [-0.05, 0) is 68.9 Å². The molecule has 1 heterocycles. The number of benzene rings is 2. The Kier molecular flexibility index (Phi) is 7.92. The van der Waals surface area contributed by atoms with Crippen LogP contribution in [0.2, 0.25) is 0 Å². The van der Waals surface area contributed by atoms with Crippen LogP contribution in [0.1, 0.15) is 67.4 Å². The van der Waals surface area contributed by atoms with Gasteiger partial charge in [0.25, 0.3) is 5.91 Å². The number of aliphatic hydroxyl groups excluding tert-OH is 1. The lowest BCUT2D eigenvalue weighted by Gasteiger charge is -2.19. The summed E-state index contributed by atoms with van der Waals surface area (Å²) in [5.74, 6) is 7.49. The molecule has 1 aromatic heterocycles. The highest BCUT2D eigenvalue weighted by atomic mass is 16.5. The Balaban J connectivity index is 1.51. The fourth-order valence-corrected chi connectivity index (χ4v) is 4.64. The molecule has 1 saturated carbocycles. The first-order valence-electron chi connectivity index (χ1n) is 12.3. The number of nitrogens with one attached hydrogen (secondary N) is 2. The van der Waals surface area contributed by atoms with E-state index in [1.807, 2.05) is 56.4 Å². The molecule has 5 nitrogen and oxygen atoms in total. The number of aromatic nitrogens is 1. The van der Waals surface area contributed by atoms with E-state index in [9.17, 15) is 9.90 Å². The minimum Gasteiger partial charge on any atom is -0.490 e. The Morgan fingerprint density at radius 2 is 2.00 bits per heavy atom. The van der Waals surface area contributed by atoms with E-state index in [0.29, 0.717) is 23.7 Å². The molecule has 0 spiro atoms. The topological polar surface area (TPSA) is 74.3 Å². The zero-order valence-corrected chi connectivity index (χ0v) is 20.1. The largest absolute Gasteiger partial charge is 0.490 e. The van der Waals surface area contributed by atoms with E-state index >= 15 is 0 Å². The van der Waals surface area contributed by atoms with Crippen LogP contribution in [0.3, 0.4) is 0 Å². The maximum atomic E-state index is 13.3. The quantitative estimate of drug-likeness (QED) is 0.405. The first kappa shape index (κ1) is 23.9. The summed E-state index contributed by atoms with van der Waals surface area (Å²) >= 11 is 0. The van der Waals surface area contributed by atoms with Crippen molar-refractivity contribution in [1.29, 1.82) is 0 Å². The maximum Gasteiger partial charge on any atom is 0.255 e. The third kappa shape index (κ3) is 6.01. The van der Waals surface area contributed by atoms with Crippen LogP contribution < -0.4 is 10.1 Å². The number of carbonyl (C=O) groups excluding carboxylic acids is 1. The van der Waals surface area contributed by atoms with Gasteiger partial charge >= 0.3 is 0 Å². The molecule has 0 saturated heterocycles. The molecule has 3 N–H and O–H groups in total. The molecule has 0 aliphatic heterocycles. The Morgan fingerprint density at radius 3 is 2.76 bits per heavy atom. The van der Waals surface area contributed by atoms with Gasteiger partial charge in [0.1, 0.15) is 5.75 Å². The molecule has 1 atom stereocenters. The monoisotopic (exact) mass is 458 g/mol. The van der Waals surface area contributed by atoms with Crippen molar-refractivity contribution in [3.05, 3.63) is 65.4 Å². The van der Waals surface area contributed by atoms with Gasteiger partial charge in [-0.3, -0.25) is 4.79 Å². The zero-order valence-electron chi connectivity index (χ0n) is 20.1. The van der Waals surface area contributed by atoms with Crippen LogP contribution in [-0.4, -0.2) is 34.8 Å². The van der Waals surface area contributed by atoms with Gasteiger partial charge in [-0.25, -0.2) is 0 Å². The normalized spacial score (nSPS) is 14.7. The van der Waals surface area contributed by atoms with Crippen molar-refractivity contribution in [2.45, 2.75) is 64.5 Å². The van der Waals surface area contributed by atoms with Crippen LogP contribution in [0.15, 0.2) is 48.7 Å². The van der Waals surface area contributed by atoms with E-state index < -0.39 is 6.04 Å². The predicted octanol–water partition coefficient (Wildman–Crippen LogP) is 5.22. The molecule has 34 heavy (non-hydrogen) atoms. The second-order valence-corrected chi connectivity index (χ2v) is 9.45. The Hall–Kier alpha value is -3.23. The Bertz CT molecular complexity index is 1180. The van der Waals surface area contributed by atoms with Gasteiger partial charge in [-0.15, -0.1) is 0 Å². The van der Waals surface area contributed by atoms with Crippen molar-refractivity contribution < 1.29 is 14.6 Å². The van der Waals surface area contributed by atoms with Crippen molar-refractivity contribution in [2.75, 3.05) is 6.61 Å². The summed E-state index contributed by atoms with van der Waals surface area (Å²) in [5, 5.41) is 14.1. The lowest BCUT2D eigenvalue weighted by molar-refractivity contribution is 0.0910. The molecule has 1 amide bonds. The molecule has 0 radical (unpaired) electrons. The summed E-state index contributed by atoms with van der Waals surface area (Å²) in [4.78, 5) is 16.5. The van der Waals surface area contributed by atoms with Gasteiger partial charge in [-0.1, -0.05) is 42.9 Å². The highest BCUT2D eigenvalue weighted by Crippen LogP contribution is 2.27. The number of carbonyl (C=O) groups is 1. The van der Waals surface area contributed by atoms with Crippen molar-refractivity contribution in [3.63, 3.8) is 0 Å². The molecule has 178 valence electrons. The molecule has 2 aromatic carbocycles. The molecular formula is C29H34N2O3. The zero-order chi connectivity index (χ0) is 23.9. The van der Waals surface area contributed by atoms with E-state index in [0.717, 1.165) is 28.5 Å². The van der Waals surface area contributed by atoms with E-state index in [-0.39, 0.29) is 18.6 Å². The van der Waals surface area contributed by atoms with Crippen LogP contribution in [0.4, 0.5) is 0 Å². The first-order valence-corrected chi connectivity index (χ1v) is 12.3. The van der Waals surface area contributed by atoms with Crippen LogP contribution in [-0.2, 0) is 6.42 Å². The number of ether oxygens (including phenoxy) is 1. The second-order valence-electron chi connectivity index (χ2n) is 9.45. The van der Waals surface area contributed by atoms with Crippen LogP contribution >= 0.6 is 0 Å². The molecule has 5 heteroatoms. The lowest BCUT2D eigenvalue weighted by atomic mass is 10.0. The standard InChI is InChI=1S/C29H34N2O3/c1-20(2)34-28-15-14-22(11-7-10-21-8-3-4-9-21)16-26(28)29(33)31-24(19-32)17-23-18-30-27-13-6-5-12-25(23)27/h5-6,12-16,18,20-21,24,30,32H,3-4,8-10,17,19H2,1-2H3,(H,31,33). The van der Waals surface area contributed by atoms with E-state index in [2.05, 4.69) is 22.1 Å². The average molecular weight is 459 g/mol. The number of hydrogen-bond donors (Lipinski definition) is 3. The third-order valence-corrected chi connectivity index (χ3v) is 6.38. The third-order valence-electron chi connectivity index (χ3n) is 6.38. The summed E-state index contributed by atoms with van der Waals surface area (Å²) in [7, 11) is 0. The average Bonchev–Trinajstić information content (AvgIpc) is 3.49. The van der Waals surface area contributed by atoms with Crippen molar-refractivity contribution in [2.24, 2.45) is 5.92 Å². The summed E-state index contributed by atoms with van der Waals surface area (Å²) in [6.45, 7) is 3.71. The summed E-state index contributed by atoms with van der Waals surface area (Å²) in [5.41, 5.74) is 3.34. The Morgan fingerprint density at radius 1 is 1.21 bits per heavy atom. The molecule has 1 unspecified atom stereocenters. The maximum absolute atomic E-state index is 13.3. The van der Waals surface area contributed by atoms with Gasteiger partial charge in [0.2, 0.25) is 0 Å². The fourth-order valence-electron chi connectivity index (χ4n) is 4.64. The summed E-state index contributed by atoms with van der Waals surface area (Å²) in [6.07, 6.45) is 8.45. The second kappa shape index (κ2) is 11.3. The Labute approximate surface area is 201 Å². The molecular weight excluding hydrogens is 424 g/mol. The minimum absolute atomic E-state index is 0.0642. The lowest BCUT2D eigenvalue weighted by Crippen LogP contribution is -2.39. The summed E-state index contributed by atoms with van der Waals surface area (Å²) < 4.78 is 5.91. The molecule has 4 rings (SSSR count). The predicted molar refractivity (Wildman–Crippen MR) is 136 cm³/mol. The molecule has 1 fully saturated rings. The smallest absolute Gasteiger partial charge is 0.255 e. The van der Waals surface area contributed by atoms with Gasteiger partial charge in [0, 0.05) is 29.1 Å². The van der Waals surface area contributed by atoms with E-state index in [1.165, 1.54) is 25.7 Å². The number of para-hydroxylation sites is 1. The first-order chi connectivity index (χ1) is 16.5. The molecule has 0 bridgehead atoms. The van der Waals surface area contributed by atoms with Gasteiger partial charge in [0.15, 0.2) is 0 Å². The van der Waals surface area contributed by atoms with E-state index in [1.54, 1.807) is 6.07 Å². The fraction of sp³-hybridized carbons (Fsp3) is 0.414. The van der Waals surface area contributed by atoms with Gasteiger partial charge in [-0.2, -0.15) is 0 Å². The highest BCUT2D eigenvalue weighted by molar-refractivity contribution is 5.97. The number of aliphatic hydroxyl groups is 1.